The molecule has 0 aromatic carbocycles. The van der Waals surface area contributed by atoms with Gasteiger partial charge in [-0.1, -0.05) is 0 Å². The number of aromatic nitrogens is 2. The molecule has 0 spiro atoms. The number of anilines is 1. The SMILES string of the molecule is CC(C)(C)n1cc(NC2CCC2)cn1. The molecule has 0 aliphatic heterocycles. The fourth-order valence-corrected chi connectivity index (χ4v) is 1.55. The molecule has 3 nitrogen and oxygen atoms in total. The van der Waals surface area contributed by atoms with Gasteiger partial charge in [0.1, 0.15) is 0 Å². The largest absolute Gasteiger partial charge is 0.380 e. The first-order chi connectivity index (χ1) is 6.55. The van der Waals surface area contributed by atoms with E-state index in [-0.39, 0.29) is 5.54 Å². The molecule has 0 saturated heterocycles. The Balaban J connectivity index is 2.02. The summed E-state index contributed by atoms with van der Waals surface area (Å²) in [6.07, 6.45) is 7.99. The molecule has 0 unspecified atom stereocenters. The van der Waals surface area contributed by atoms with E-state index in [0.29, 0.717) is 6.04 Å². The van der Waals surface area contributed by atoms with Crippen molar-refractivity contribution in [2.45, 2.75) is 51.6 Å². The lowest BCUT2D eigenvalue weighted by atomic mass is 9.93. The van der Waals surface area contributed by atoms with Gasteiger partial charge in [-0.3, -0.25) is 4.68 Å². The third kappa shape index (κ3) is 1.91. The van der Waals surface area contributed by atoms with E-state index in [1.807, 2.05) is 10.9 Å². The summed E-state index contributed by atoms with van der Waals surface area (Å²) >= 11 is 0. The predicted octanol–water partition coefficient (Wildman–Crippen LogP) is 2.60. The number of hydrogen-bond donors (Lipinski definition) is 1. The highest BCUT2D eigenvalue weighted by Gasteiger charge is 2.19. The maximum atomic E-state index is 4.35. The van der Waals surface area contributed by atoms with Crippen LogP contribution in [-0.2, 0) is 5.54 Å². The number of hydrogen-bond acceptors (Lipinski definition) is 2. The molecule has 2 rings (SSSR count). The second kappa shape index (κ2) is 3.30. The van der Waals surface area contributed by atoms with Crippen LogP contribution in [0.2, 0.25) is 0 Å². The highest BCUT2D eigenvalue weighted by atomic mass is 15.3. The lowest BCUT2D eigenvalue weighted by molar-refractivity contribution is 0.355. The fourth-order valence-electron chi connectivity index (χ4n) is 1.55. The van der Waals surface area contributed by atoms with Crippen LogP contribution in [0, 0.1) is 0 Å². The summed E-state index contributed by atoms with van der Waals surface area (Å²) in [4.78, 5) is 0. The van der Waals surface area contributed by atoms with E-state index in [9.17, 15) is 0 Å². The molecular formula is C11H19N3. The van der Waals surface area contributed by atoms with Gasteiger partial charge in [0.05, 0.1) is 17.4 Å². The van der Waals surface area contributed by atoms with Gasteiger partial charge < -0.3 is 5.32 Å². The summed E-state index contributed by atoms with van der Waals surface area (Å²) in [6.45, 7) is 6.48. The van der Waals surface area contributed by atoms with Gasteiger partial charge in [-0.2, -0.15) is 5.10 Å². The van der Waals surface area contributed by atoms with Crippen molar-refractivity contribution in [3.63, 3.8) is 0 Å². The van der Waals surface area contributed by atoms with E-state index in [4.69, 9.17) is 0 Å². The van der Waals surface area contributed by atoms with Crippen LogP contribution in [-0.4, -0.2) is 15.8 Å². The van der Waals surface area contributed by atoms with Crippen LogP contribution in [0.15, 0.2) is 12.4 Å². The highest BCUT2D eigenvalue weighted by Crippen LogP contribution is 2.23. The third-order valence-corrected chi connectivity index (χ3v) is 2.75. The van der Waals surface area contributed by atoms with Crippen LogP contribution in [0.1, 0.15) is 40.0 Å². The van der Waals surface area contributed by atoms with Crippen LogP contribution < -0.4 is 5.32 Å². The van der Waals surface area contributed by atoms with Crippen molar-refractivity contribution in [1.29, 1.82) is 0 Å². The van der Waals surface area contributed by atoms with Crippen LogP contribution >= 0.6 is 0 Å². The van der Waals surface area contributed by atoms with Gasteiger partial charge in [-0.15, -0.1) is 0 Å². The Morgan fingerprint density at radius 1 is 1.43 bits per heavy atom. The third-order valence-electron chi connectivity index (χ3n) is 2.75. The summed E-state index contributed by atoms with van der Waals surface area (Å²) in [5.74, 6) is 0. The fraction of sp³-hybridized carbons (Fsp3) is 0.727. The molecule has 1 aromatic rings. The first-order valence-electron chi connectivity index (χ1n) is 5.37. The van der Waals surface area contributed by atoms with Gasteiger partial charge in [0.25, 0.3) is 0 Å². The van der Waals surface area contributed by atoms with Crippen LogP contribution in [0.5, 0.6) is 0 Å². The molecule has 78 valence electrons. The van der Waals surface area contributed by atoms with Crippen molar-refractivity contribution in [2.75, 3.05) is 5.32 Å². The molecule has 1 heterocycles. The van der Waals surface area contributed by atoms with Crippen molar-refractivity contribution in [1.82, 2.24) is 9.78 Å². The van der Waals surface area contributed by atoms with Crippen molar-refractivity contribution in [3.8, 4) is 0 Å². The van der Waals surface area contributed by atoms with Crippen molar-refractivity contribution in [3.05, 3.63) is 12.4 Å². The minimum Gasteiger partial charge on any atom is -0.380 e. The quantitative estimate of drug-likeness (QED) is 0.782. The maximum absolute atomic E-state index is 4.35. The summed E-state index contributed by atoms with van der Waals surface area (Å²) in [6, 6.07) is 0.688. The molecule has 0 bridgehead atoms. The standard InChI is InChI=1S/C11H19N3/c1-11(2,3)14-8-10(7-12-14)13-9-5-4-6-9/h7-9,13H,4-6H2,1-3H3. The van der Waals surface area contributed by atoms with Gasteiger partial charge in [0.15, 0.2) is 0 Å². The second-order valence-corrected chi connectivity index (χ2v) is 5.12. The zero-order valence-corrected chi connectivity index (χ0v) is 9.25. The maximum Gasteiger partial charge on any atom is 0.0728 e. The summed E-state index contributed by atoms with van der Waals surface area (Å²) in [7, 11) is 0. The zero-order valence-electron chi connectivity index (χ0n) is 9.25. The van der Waals surface area contributed by atoms with Gasteiger partial charge in [-0.05, 0) is 40.0 Å². The van der Waals surface area contributed by atoms with E-state index in [1.54, 1.807) is 0 Å². The Hall–Kier alpha value is -0.990. The molecule has 3 heteroatoms. The Bertz CT molecular complexity index is 305. The molecule has 1 fully saturated rings. The second-order valence-electron chi connectivity index (χ2n) is 5.12. The Labute approximate surface area is 85.5 Å². The predicted molar refractivity (Wildman–Crippen MR) is 58.5 cm³/mol. The number of rotatable bonds is 2. The smallest absolute Gasteiger partial charge is 0.0728 e. The monoisotopic (exact) mass is 193 g/mol. The molecule has 0 radical (unpaired) electrons. The first-order valence-corrected chi connectivity index (χ1v) is 5.37. The molecule has 1 N–H and O–H groups in total. The molecule has 1 aromatic heterocycles. The van der Waals surface area contributed by atoms with Crippen LogP contribution in [0.25, 0.3) is 0 Å². The zero-order chi connectivity index (χ0) is 10.2. The molecule has 0 atom stereocenters. The minimum absolute atomic E-state index is 0.0829. The molecule has 1 aliphatic rings. The summed E-state index contributed by atoms with van der Waals surface area (Å²) in [5.41, 5.74) is 1.24. The molecule has 1 aliphatic carbocycles. The van der Waals surface area contributed by atoms with E-state index in [2.05, 4.69) is 37.4 Å². The van der Waals surface area contributed by atoms with Gasteiger partial charge in [-0.25, -0.2) is 0 Å². The molecule has 14 heavy (non-hydrogen) atoms. The number of nitrogens with one attached hydrogen (secondary N) is 1. The normalized spacial score (nSPS) is 17.9. The Morgan fingerprint density at radius 2 is 2.14 bits per heavy atom. The first kappa shape index (κ1) is 9.56. The van der Waals surface area contributed by atoms with Gasteiger partial charge in [0, 0.05) is 12.2 Å². The topological polar surface area (TPSA) is 29.9 Å². The van der Waals surface area contributed by atoms with Gasteiger partial charge >= 0.3 is 0 Å². The van der Waals surface area contributed by atoms with E-state index in [1.165, 1.54) is 19.3 Å². The van der Waals surface area contributed by atoms with E-state index < -0.39 is 0 Å². The summed E-state index contributed by atoms with van der Waals surface area (Å²) in [5, 5.41) is 7.84. The average Bonchev–Trinajstić information content (AvgIpc) is 2.43. The molecule has 1 saturated carbocycles. The number of nitrogens with zero attached hydrogens (tertiary/aromatic N) is 2. The van der Waals surface area contributed by atoms with Crippen LogP contribution in [0.4, 0.5) is 5.69 Å². The Morgan fingerprint density at radius 3 is 2.57 bits per heavy atom. The van der Waals surface area contributed by atoms with E-state index >= 15 is 0 Å². The Kier molecular flexibility index (Phi) is 2.25. The van der Waals surface area contributed by atoms with Crippen molar-refractivity contribution in [2.24, 2.45) is 0 Å². The minimum atomic E-state index is 0.0829. The molecular weight excluding hydrogens is 174 g/mol. The highest BCUT2D eigenvalue weighted by molar-refractivity contribution is 5.40. The van der Waals surface area contributed by atoms with Gasteiger partial charge in [0.2, 0.25) is 0 Å². The lowest BCUT2D eigenvalue weighted by Gasteiger charge is -2.26. The summed E-state index contributed by atoms with van der Waals surface area (Å²) < 4.78 is 2.01. The average molecular weight is 193 g/mol. The van der Waals surface area contributed by atoms with E-state index in [0.717, 1.165) is 5.69 Å². The van der Waals surface area contributed by atoms with Crippen molar-refractivity contribution < 1.29 is 0 Å². The lowest BCUT2D eigenvalue weighted by Crippen LogP contribution is -2.27. The van der Waals surface area contributed by atoms with Crippen molar-refractivity contribution >= 4 is 5.69 Å². The van der Waals surface area contributed by atoms with Crippen LogP contribution in [0.3, 0.4) is 0 Å². The molecule has 0 amide bonds.